The quantitative estimate of drug-likeness (QED) is 0.761. The van der Waals surface area contributed by atoms with Crippen LogP contribution in [0.2, 0.25) is 0 Å². The smallest absolute Gasteiger partial charge is 0.333 e. The van der Waals surface area contributed by atoms with Crippen molar-refractivity contribution in [2.75, 3.05) is 0 Å². The van der Waals surface area contributed by atoms with Crippen molar-refractivity contribution in [3.8, 4) is 0 Å². The fourth-order valence-corrected chi connectivity index (χ4v) is 3.34. The van der Waals surface area contributed by atoms with Gasteiger partial charge in [0.1, 0.15) is 11.0 Å². The lowest BCUT2D eigenvalue weighted by Crippen LogP contribution is -2.49. The first kappa shape index (κ1) is 21.0. The van der Waals surface area contributed by atoms with E-state index in [9.17, 15) is 9.32 Å². The van der Waals surface area contributed by atoms with Crippen LogP contribution in [0.5, 0.6) is 0 Å². The number of aromatic nitrogens is 1. The summed E-state index contributed by atoms with van der Waals surface area (Å²) in [6.45, 7) is 13.0. The lowest BCUT2D eigenvalue weighted by molar-refractivity contribution is -0.0893. The summed E-state index contributed by atoms with van der Waals surface area (Å²) in [6, 6.07) is 7.39. The minimum atomic E-state index is -1.36. The Bertz CT molecular complexity index is 811. The Balaban J connectivity index is 2.37. The standard InChI is InChI=1S/C19H28BN2O3S/c1-17(2,3)22-26(24)15-11-10-14(16-13(15)9-8-12-21-16)20-25-19(6,7)18(4,5)23/h8-12,22-23H,1-7H3. The van der Waals surface area contributed by atoms with E-state index in [1.54, 1.807) is 27.5 Å². The van der Waals surface area contributed by atoms with Gasteiger partial charge in [0.25, 0.3) is 0 Å². The summed E-state index contributed by atoms with van der Waals surface area (Å²) >= 11 is 0. The predicted molar refractivity (Wildman–Crippen MR) is 108 cm³/mol. The van der Waals surface area contributed by atoms with Crippen molar-refractivity contribution in [2.24, 2.45) is 0 Å². The van der Waals surface area contributed by atoms with E-state index >= 15 is 0 Å². The van der Waals surface area contributed by atoms with Gasteiger partial charge in [-0.15, -0.1) is 0 Å². The van der Waals surface area contributed by atoms with Gasteiger partial charge < -0.3 is 9.76 Å². The highest BCUT2D eigenvalue weighted by Gasteiger charge is 2.36. The monoisotopic (exact) mass is 375 g/mol. The maximum absolute atomic E-state index is 12.7. The minimum Gasteiger partial charge on any atom is -0.427 e. The van der Waals surface area contributed by atoms with Gasteiger partial charge in [0.15, 0.2) is 0 Å². The lowest BCUT2D eigenvalue weighted by Gasteiger charge is -2.37. The molecule has 2 N–H and O–H groups in total. The van der Waals surface area contributed by atoms with E-state index in [0.717, 1.165) is 10.8 Å². The first-order valence-electron chi connectivity index (χ1n) is 8.62. The van der Waals surface area contributed by atoms with Crippen molar-refractivity contribution in [2.45, 2.75) is 70.1 Å². The summed E-state index contributed by atoms with van der Waals surface area (Å²) in [7, 11) is 0.253. The van der Waals surface area contributed by atoms with Crippen molar-refractivity contribution in [1.82, 2.24) is 9.71 Å². The van der Waals surface area contributed by atoms with Crippen molar-refractivity contribution in [3.63, 3.8) is 0 Å². The molecule has 0 bridgehead atoms. The van der Waals surface area contributed by atoms with Gasteiger partial charge in [0.05, 0.1) is 21.6 Å². The molecule has 2 rings (SSSR count). The average Bonchev–Trinajstić information content (AvgIpc) is 2.49. The average molecular weight is 375 g/mol. The second-order valence-electron chi connectivity index (χ2n) is 8.48. The van der Waals surface area contributed by atoms with E-state index in [1.165, 1.54) is 0 Å². The van der Waals surface area contributed by atoms with Crippen molar-refractivity contribution in [1.29, 1.82) is 0 Å². The number of fused-ring (bicyclic) bond motifs is 1. The van der Waals surface area contributed by atoms with Crippen LogP contribution in [-0.2, 0) is 15.6 Å². The molecule has 1 radical (unpaired) electrons. The van der Waals surface area contributed by atoms with E-state index in [2.05, 4.69) is 9.71 Å². The number of hydrogen-bond acceptors (Lipinski definition) is 4. The molecule has 0 saturated heterocycles. The van der Waals surface area contributed by atoms with Crippen LogP contribution in [0.1, 0.15) is 48.5 Å². The molecule has 0 spiro atoms. The molecule has 0 aliphatic rings. The summed E-state index contributed by atoms with van der Waals surface area (Å²) < 4.78 is 21.7. The number of aliphatic hydroxyl groups is 1. The molecule has 0 amide bonds. The molecule has 1 aromatic heterocycles. The molecule has 0 aliphatic carbocycles. The molecule has 7 heteroatoms. The van der Waals surface area contributed by atoms with Crippen LogP contribution in [0, 0.1) is 0 Å². The van der Waals surface area contributed by atoms with Gasteiger partial charge in [-0.3, -0.25) is 4.98 Å². The molecule has 1 atom stereocenters. The summed E-state index contributed by atoms with van der Waals surface area (Å²) in [6.07, 6.45) is 1.70. The first-order chi connectivity index (χ1) is 11.8. The maximum Gasteiger partial charge on any atom is 0.333 e. The minimum absolute atomic E-state index is 0.274. The highest BCUT2D eigenvalue weighted by molar-refractivity contribution is 7.83. The van der Waals surface area contributed by atoms with Gasteiger partial charge in [0, 0.05) is 17.1 Å². The van der Waals surface area contributed by atoms with Crippen molar-refractivity contribution in [3.05, 3.63) is 30.5 Å². The summed E-state index contributed by atoms with van der Waals surface area (Å²) in [5.74, 6) is 0. The topological polar surface area (TPSA) is 71.5 Å². The molecule has 1 aromatic carbocycles. The Morgan fingerprint density at radius 2 is 1.77 bits per heavy atom. The van der Waals surface area contributed by atoms with Gasteiger partial charge in [-0.25, -0.2) is 8.93 Å². The van der Waals surface area contributed by atoms with E-state index in [1.807, 2.05) is 58.9 Å². The van der Waals surface area contributed by atoms with Crippen LogP contribution in [-0.4, -0.2) is 38.5 Å². The number of benzene rings is 1. The van der Waals surface area contributed by atoms with E-state index in [-0.39, 0.29) is 5.54 Å². The largest absolute Gasteiger partial charge is 0.427 e. The van der Waals surface area contributed by atoms with Gasteiger partial charge in [-0.05, 0) is 66.1 Å². The van der Waals surface area contributed by atoms with Gasteiger partial charge in [-0.1, -0.05) is 12.1 Å². The van der Waals surface area contributed by atoms with Gasteiger partial charge in [0.2, 0.25) is 0 Å². The molecule has 0 aliphatic heterocycles. The van der Waals surface area contributed by atoms with Crippen LogP contribution in [0.15, 0.2) is 35.4 Å². The highest BCUT2D eigenvalue weighted by atomic mass is 32.2. The Morgan fingerprint density at radius 1 is 1.12 bits per heavy atom. The second kappa shape index (κ2) is 7.39. The third-order valence-corrected chi connectivity index (χ3v) is 5.87. The van der Waals surface area contributed by atoms with E-state index in [0.29, 0.717) is 10.4 Å². The van der Waals surface area contributed by atoms with Crippen LogP contribution in [0.4, 0.5) is 0 Å². The van der Waals surface area contributed by atoms with Gasteiger partial charge >= 0.3 is 7.48 Å². The summed E-state index contributed by atoms with van der Waals surface area (Å²) in [5, 5.41) is 11.1. The zero-order chi connectivity index (χ0) is 19.8. The van der Waals surface area contributed by atoms with E-state index in [4.69, 9.17) is 4.65 Å². The predicted octanol–water partition coefficient (Wildman–Crippen LogP) is 2.46. The van der Waals surface area contributed by atoms with Crippen LogP contribution in [0.25, 0.3) is 10.9 Å². The molecule has 5 nitrogen and oxygen atoms in total. The molecule has 0 saturated carbocycles. The highest BCUT2D eigenvalue weighted by Crippen LogP contribution is 2.25. The Morgan fingerprint density at radius 3 is 2.35 bits per heavy atom. The Hall–Kier alpha value is -1.28. The second-order valence-corrected chi connectivity index (χ2v) is 9.66. The molecule has 1 unspecified atom stereocenters. The molecule has 1 heterocycles. The Kier molecular flexibility index (Phi) is 5.98. The van der Waals surface area contributed by atoms with Crippen LogP contribution >= 0.6 is 0 Å². The molecule has 141 valence electrons. The van der Waals surface area contributed by atoms with Crippen LogP contribution < -0.4 is 10.2 Å². The number of hydrogen-bond donors (Lipinski definition) is 2. The van der Waals surface area contributed by atoms with Gasteiger partial charge in [-0.2, -0.15) is 0 Å². The fraction of sp³-hybridized carbons (Fsp3) is 0.526. The maximum atomic E-state index is 12.7. The number of nitrogens with zero attached hydrogens (tertiary/aromatic N) is 1. The summed E-state index contributed by atoms with van der Waals surface area (Å²) in [5.41, 5.74) is -0.576. The van der Waals surface area contributed by atoms with E-state index < -0.39 is 22.2 Å². The SMILES string of the molecule is CC(C)(C)NS(=O)c1ccc([B]OC(C)(C)C(C)(C)O)c2ncccc12. The first-order valence-corrected chi connectivity index (χ1v) is 9.77. The molecular weight excluding hydrogens is 347 g/mol. The summed E-state index contributed by atoms with van der Waals surface area (Å²) in [4.78, 5) is 5.13. The third kappa shape index (κ3) is 4.91. The van der Waals surface area contributed by atoms with Crippen LogP contribution in [0.3, 0.4) is 0 Å². The third-order valence-electron chi connectivity index (χ3n) is 4.31. The lowest BCUT2D eigenvalue weighted by atomic mass is 9.81. The number of rotatable bonds is 6. The zero-order valence-electron chi connectivity index (χ0n) is 16.6. The molecule has 26 heavy (non-hydrogen) atoms. The molecule has 2 aromatic rings. The number of pyridine rings is 1. The normalized spacial score (nSPS) is 14.5. The molecule has 0 fully saturated rings. The van der Waals surface area contributed by atoms with Crippen molar-refractivity contribution < 1.29 is 14.0 Å². The van der Waals surface area contributed by atoms with Crippen molar-refractivity contribution >= 4 is 34.8 Å². The Labute approximate surface area is 159 Å². The number of nitrogens with one attached hydrogen (secondary N) is 1. The fourth-order valence-electron chi connectivity index (χ4n) is 2.11. The molecular formula is C19H28BN2O3S. The zero-order valence-corrected chi connectivity index (χ0v) is 17.4.